The fourth-order valence-corrected chi connectivity index (χ4v) is 13.8. The zero-order valence-electron chi connectivity index (χ0n) is 104. The van der Waals surface area contributed by atoms with Gasteiger partial charge in [0.15, 0.2) is 0 Å². The molecular weight excluding hydrogens is 3520 g/mol. The Morgan fingerprint density at radius 1 is 0.184 bits per heavy atom. The molecule has 0 aliphatic carbocycles. The number of aliphatic hydroxyl groups is 12. The van der Waals surface area contributed by atoms with Gasteiger partial charge in [-0.2, -0.15) is 0 Å². The summed E-state index contributed by atoms with van der Waals surface area (Å²) in [6, 6.07) is 1.08. The maximum absolute atomic E-state index is 10.3. The van der Waals surface area contributed by atoms with Crippen LogP contribution < -0.4 is 0 Å². The zero-order valence-corrected chi connectivity index (χ0v) is 133. The Hall–Kier alpha value is 14.6. The van der Waals surface area contributed by atoms with Crippen LogP contribution in [0.5, 0.6) is 0 Å². The average Bonchev–Trinajstić information content (AvgIpc) is 0.834. The van der Waals surface area contributed by atoms with Crippen LogP contribution in [0.2, 0.25) is 0 Å². The molecule has 0 amide bonds. The molecule has 0 rings (SSSR count). The predicted molar refractivity (Wildman–Crippen MR) is 604 cm³/mol. The van der Waals surface area contributed by atoms with Crippen molar-refractivity contribution in [2.24, 2.45) is 77.7 Å². The minimum absolute atomic E-state index is 0. The standard InChI is InChI=1S/2C11H23NO.3C10H21NO.4C9H19NO.2C8H17NO.C7H15NO.12Eu/c1-7-11(13,8(2)3)10(6)12-9(4)5;1-6-8-11(13,7-2)10(5)12-9(3)4;1-6-10(12,8(3)4)9(5)11-7-2;1-6-10(12,7-2)9(5)11-8(3)4;1-5-8-10(12,6-2)9(4)11-7-3;1-6-9(11,7(2)3)8(4)10-5;1-6-9(5,11)8(4)10-7(2)3;1-5-7-9(11,6-2)8(3)10-4;1-5-9(11,6-2)8(4)10-7-3;1-5-8(10,6-2)7(3)9-4;1-5-8(4,10)7(3)9-6-2;1-5-7(3,9)6(2)8-4;;;;;;;;;;;;/h8-9,13H,7H2,1-6H3;9,13H,6-8H2,1-5H3;2*8,12H,6-7H2,1-5H3;12H,5-8H2,1-4H3;2*7,11H,6H2,1-5H3;2*11H,5-7H2,1-4H3;2*10H,5-6H2,1-4H3;9H,5H2,1-4H3;;;;;;;;;;;;. The van der Waals surface area contributed by atoms with E-state index in [1.807, 2.05) is 312 Å². The van der Waals surface area contributed by atoms with Crippen molar-refractivity contribution in [3.8, 4) is 0 Å². The third-order valence-electron chi connectivity index (χ3n) is 26.8. The summed E-state index contributed by atoms with van der Waals surface area (Å²) in [4.78, 5) is 50.2. The van der Waals surface area contributed by atoms with Crippen LogP contribution in [0.3, 0.4) is 0 Å². The summed E-state index contributed by atoms with van der Waals surface area (Å²) in [5, 5.41) is 119. The Kier molecular flexibility index (Phi) is 188. The molecule has 24 nitrogen and oxygen atoms in total. The first-order valence-corrected chi connectivity index (χ1v) is 52.3. The van der Waals surface area contributed by atoms with Crippen molar-refractivity contribution in [1.82, 2.24) is 0 Å². The van der Waals surface area contributed by atoms with Crippen LogP contribution in [-0.4, -0.2) is 276 Å². The van der Waals surface area contributed by atoms with Crippen LogP contribution in [0.1, 0.15) is 488 Å². The van der Waals surface area contributed by atoms with Gasteiger partial charge in [-0.05, 0) is 320 Å². The second-order valence-corrected chi connectivity index (χ2v) is 38.5. The van der Waals surface area contributed by atoms with Gasteiger partial charge in [-0.1, -0.05) is 185 Å². The van der Waals surface area contributed by atoms with E-state index in [2.05, 4.69) is 80.7 Å². The van der Waals surface area contributed by atoms with Crippen LogP contribution in [0.25, 0.3) is 0 Å². The first kappa shape index (κ1) is 220. The molecule has 0 heterocycles. The number of aliphatic imine (C=N–C) groups is 12. The van der Waals surface area contributed by atoms with Gasteiger partial charge in [0.1, 0.15) is 50.4 Å². The van der Waals surface area contributed by atoms with Crippen molar-refractivity contribution in [3.63, 3.8) is 0 Å². The van der Waals surface area contributed by atoms with Crippen molar-refractivity contribution in [2.45, 2.75) is 579 Å². The Labute approximate surface area is 1400 Å². The molecular formula is C111H234Eu12N12O12. The normalized spacial score (nSPS) is 15.8. The molecule has 0 aromatic heterocycles. The molecule has 12 radical (unpaired) electrons. The van der Waals surface area contributed by atoms with Gasteiger partial charge in [0, 0.05) is 740 Å². The van der Waals surface area contributed by atoms with E-state index in [9.17, 15) is 61.3 Å². The van der Waals surface area contributed by atoms with Gasteiger partial charge in [-0.15, -0.1) is 0 Å². The Morgan fingerprint density at radius 3 is 0.537 bits per heavy atom. The van der Waals surface area contributed by atoms with E-state index in [1.54, 1.807) is 49.0 Å². The van der Waals surface area contributed by atoms with Gasteiger partial charge in [-0.3, -0.25) is 59.9 Å². The summed E-state index contributed by atoms with van der Waals surface area (Å²) in [6.07, 6.45) is 16.5. The third kappa shape index (κ3) is 103. The minimum Gasteiger partial charge on any atom is -0.384 e. The second-order valence-electron chi connectivity index (χ2n) is 38.5. The first-order chi connectivity index (χ1) is 61.6. The molecule has 0 aromatic carbocycles. The monoisotopic (exact) mass is 3760 g/mol. The van der Waals surface area contributed by atoms with Crippen molar-refractivity contribution in [3.05, 3.63) is 0 Å². The molecule has 0 saturated heterocycles. The van der Waals surface area contributed by atoms with E-state index in [-0.39, 0.29) is 634 Å². The molecule has 9 unspecified atom stereocenters. The van der Waals surface area contributed by atoms with Gasteiger partial charge in [0.2, 0.25) is 0 Å². The molecule has 0 spiro atoms. The number of nitrogens with zero attached hydrogens (tertiary/aromatic N) is 12. The van der Waals surface area contributed by atoms with Crippen molar-refractivity contribution < 1.29 is 654 Å². The summed E-state index contributed by atoms with van der Waals surface area (Å²) in [5.74, 6) is 0.689. The topological polar surface area (TPSA) is 391 Å². The van der Waals surface area contributed by atoms with E-state index < -0.39 is 67.2 Å². The average molecular weight is 3750 g/mol. The molecule has 0 fully saturated rings. The molecule has 12 N–H and O–H groups in total. The SMILES string of the molecule is CCC(C)(O)C(C)=NC.CCC(C)(O)C(C)=NC(C)C.CCC(O)(C(C)=NC(C)C)C(C)C.CCC(O)(C(C)=NC)C(C)C.CCC(O)(CC)C(C)=NC.CCC(O)(CC)C(C)=NC(C)C.CCCC(O)(CC)C(C)=NC.CCCC(O)(CC)C(C)=NC(C)C.CCCC(O)(CC)C(C)=NCC.CCN=C(C)C(C)(O)CC.CCN=C(C)C(O)(CC)C(C)C.CCN=C(C)C(O)(CC)CC.[Eu].[Eu].[Eu].[Eu].[Eu].[Eu].[Eu].[Eu].[Eu].[Eu].[Eu].[Eu]. The van der Waals surface area contributed by atoms with Crippen LogP contribution in [0.15, 0.2) is 59.9 Å². The van der Waals surface area contributed by atoms with Crippen LogP contribution >= 0.6 is 0 Å². The number of hydrogen-bond donors (Lipinski definition) is 12. The molecule has 36 heteroatoms. The molecule has 0 bridgehead atoms. The minimum atomic E-state index is -0.718. The smallest absolute Gasteiger partial charge is 0.104 e. The number of hydrogen-bond acceptors (Lipinski definition) is 24. The van der Waals surface area contributed by atoms with Crippen LogP contribution in [0.4, 0.5) is 0 Å². The largest absolute Gasteiger partial charge is 0.384 e. The zero-order chi connectivity index (χ0) is 110. The van der Waals surface area contributed by atoms with Gasteiger partial charge in [0.25, 0.3) is 0 Å². The number of rotatable bonds is 44. The van der Waals surface area contributed by atoms with E-state index in [4.69, 9.17) is 0 Å². The summed E-state index contributed by atoms with van der Waals surface area (Å²) in [5.41, 5.74) is 2.00. The van der Waals surface area contributed by atoms with Crippen LogP contribution in [0, 0.1) is 610 Å². The summed E-state index contributed by atoms with van der Waals surface area (Å²) < 4.78 is 0. The van der Waals surface area contributed by atoms with Crippen molar-refractivity contribution in [2.75, 3.05) is 54.4 Å². The summed E-state index contributed by atoms with van der Waals surface area (Å²) in [6.45, 7) is 103. The van der Waals surface area contributed by atoms with Gasteiger partial charge < -0.3 is 61.3 Å². The first-order valence-electron chi connectivity index (χ1n) is 52.3. The quantitative estimate of drug-likeness (QED) is 0.0253. The fourth-order valence-electron chi connectivity index (χ4n) is 13.8. The van der Waals surface area contributed by atoms with Crippen molar-refractivity contribution >= 4 is 68.5 Å². The molecule has 894 valence electrons. The van der Waals surface area contributed by atoms with Gasteiger partial charge in [0.05, 0.1) is 16.8 Å². The Bertz CT molecular complexity index is 3370. The molecule has 0 aliphatic heterocycles. The third-order valence-corrected chi connectivity index (χ3v) is 26.8. The van der Waals surface area contributed by atoms with Gasteiger partial charge in [-0.25, -0.2) is 0 Å². The molecule has 147 heavy (non-hydrogen) atoms. The second kappa shape index (κ2) is 125. The van der Waals surface area contributed by atoms with E-state index in [1.165, 1.54) is 0 Å². The van der Waals surface area contributed by atoms with E-state index in [0.29, 0.717) is 0 Å². The Morgan fingerprint density at radius 2 is 0.347 bits per heavy atom. The Balaban J connectivity index is -0.0000000507. The van der Waals surface area contributed by atoms with Crippen LogP contribution in [-0.2, 0) is 0 Å². The predicted octanol–water partition coefficient (Wildman–Crippen LogP) is 25.0. The van der Waals surface area contributed by atoms with E-state index in [0.717, 1.165) is 230 Å². The maximum atomic E-state index is 10.3. The molecule has 0 saturated carbocycles. The van der Waals surface area contributed by atoms with E-state index >= 15 is 0 Å². The summed E-state index contributed by atoms with van der Waals surface area (Å²) in [7, 11) is 6.86. The molecule has 9 atom stereocenters. The van der Waals surface area contributed by atoms with Crippen molar-refractivity contribution in [1.29, 1.82) is 0 Å². The molecule has 0 aliphatic rings. The fraction of sp³-hybridized carbons (Fsp3) is 0.892. The summed E-state index contributed by atoms with van der Waals surface area (Å²) >= 11 is 0. The van der Waals surface area contributed by atoms with Gasteiger partial charge >= 0.3 is 0 Å². The molecule has 0 aromatic rings. The maximum Gasteiger partial charge on any atom is 0.104 e.